The normalized spacial score (nSPS) is 28.4. The highest BCUT2D eigenvalue weighted by Gasteiger charge is 2.65. The van der Waals surface area contributed by atoms with Crippen LogP contribution in [-0.4, -0.2) is 29.3 Å². The van der Waals surface area contributed by atoms with Crippen LogP contribution < -0.4 is 0 Å². The van der Waals surface area contributed by atoms with E-state index >= 15 is 0 Å². The van der Waals surface area contributed by atoms with Crippen LogP contribution in [0, 0.1) is 5.92 Å². The van der Waals surface area contributed by atoms with E-state index in [2.05, 4.69) is 0 Å². The minimum Gasteiger partial charge on any atom is -0.302 e. The van der Waals surface area contributed by atoms with Crippen molar-refractivity contribution in [1.29, 1.82) is 0 Å². The van der Waals surface area contributed by atoms with E-state index in [0.717, 1.165) is 11.1 Å². The van der Waals surface area contributed by atoms with Gasteiger partial charge in [-0.15, -0.1) is 0 Å². The molecule has 0 unspecified atom stereocenters. The molecule has 5 nitrogen and oxygen atoms in total. The summed E-state index contributed by atoms with van der Waals surface area (Å²) in [4.78, 5) is 31.1. The van der Waals surface area contributed by atoms with Gasteiger partial charge in [-0.25, -0.2) is 4.99 Å². The lowest BCUT2D eigenvalue weighted by atomic mass is 9.84. The Bertz CT molecular complexity index is 835. The standard InChI is InChI=1S/C20H20N2O3/c1-14(2)19-18(23)22(3)20(25-24-19,16-12-8-5-9-13-16)17(21-19)15-10-6-4-7-11-15/h4-14H,1-3H3/t19-,20-/m0/s1. The summed E-state index contributed by atoms with van der Waals surface area (Å²) in [6, 6.07) is 19.4. The monoisotopic (exact) mass is 336 g/mol. The lowest BCUT2D eigenvalue weighted by Crippen LogP contribution is -2.71. The number of nitrogens with zero attached hydrogens (tertiary/aromatic N) is 2. The lowest BCUT2D eigenvalue weighted by molar-refractivity contribution is -0.451. The predicted molar refractivity (Wildman–Crippen MR) is 93.6 cm³/mol. The maximum atomic E-state index is 13.1. The Kier molecular flexibility index (Phi) is 3.52. The average molecular weight is 336 g/mol. The van der Waals surface area contributed by atoms with Gasteiger partial charge in [0.05, 0.1) is 0 Å². The Labute approximate surface area is 146 Å². The molecular weight excluding hydrogens is 316 g/mol. The van der Waals surface area contributed by atoms with Gasteiger partial charge in [0, 0.05) is 24.1 Å². The molecule has 1 fully saturated rings. The first-order chi connectivity index (χ1) is 12.0. The van der Waals surface area contributed by atoms with Crippen molar-refractivity contribution in [1.82, 2.24) is 4.90 Å². The summed E-state index contributed by atoms with van der Waals surface area (Å²) in [5.41, 5.74) is -0.168. The highest BCUT2D eigenvalue weighted by atomic mass is 17.2. The Hall–Kier alpha value is -2.50. The molecule has 0 aliphatic carbocycles. The molecule has 1 saturated heterocycles. The largest absolute Gasteiger partial charge is 0.302 e. The van der Waals surface area contributed by atoms with Crippen molar-refractivity contribution in [3.8, 4) is 0 Å². The van der Waals surface area contributed by atoms with Crippen LogP contribution in [0.15, 0.2) is 65.7 Å². The van der Waals surface area contributed by atoms with Crippen molar-refractivity contribution in [3.05, 3.63) is 71.8 Å². The van der Waals surface area contributed by atoms with Crippen LogP contribution in [0.5, 0.6) is 0 Å². The number of hydrogen-bond donors (Lipinski definition) is 0. The van der Waals surface area contributed by atoms with Gasteiger partial charge in [0.25, 0.3) is 11.6 Å². The zero-order valence-electron chi connectivity index (χ0n) is 14.5. The summed E-state index contributed by atoms with van der Waals surface area (Å²) in [7, 11) is 1.74. The van der Waals surface area contributed by atoms with Crippen LogP contribution in [0.25, 0.3) is 0 Å². The summed E-state index contributed by atoms with van der Waals surface area (Å²) < 4.78 is 0. The minimum absolute atomic E-state index is 0.171. The van der Waals surface area contributed by atoms with E-state index in [1.807, 2.05) is 74.5 Å². The summed E-state index contributed by atoms with van der Waals surface area (Å²) in [5.74, 6) is -0.368. The molecule has 3 aliphatic heterocycles. The van der Waals surface area contributed by atoms with E-state index in [-0.39, 0.29) is 11.8 Å². The van der Waals surface area contributed by atoms with Crippen LogP contribution in [0.2, 0.25) is 0 Å². The maximum Gasteiger partial charge on any atom is 0.283 e. The molecule has 5 heteroatoms. The SMILES string of the molecule is CC(C)[C@]12N=C(c3ccccc3)[C@](c3ccccc3)(OO1)N(C)C2=O. The van der Waals surface area contributed by atoms with E-state index < -0.39 is 11.4 Å². The molecule has 0 radical (unpaired) electrons. The maximum absolute atomic E-state index is 13.1. The van der Waals surface area contributed by atoms with Crippen molar-refractivity contribution in [3.63, 3.8) is 0 Å². The minimum atomic E-state index is -1.35. The number of benzene rings is 2. The van der Waals surface area contributed by atoms with Crippen molar-refractivity contribution in [2.75, 3.05) is 7.05 Å². The van der Waals surface area contributed by atoms with Crippen molar-refractivity contribution in [2.45, 2.75) is 25.3 Å². The Balaban J connectivity index is 2.02. The van der Waals surface area contributed by atoms with Gasteiger partial charge in [-0.3, -0.25) is 4.79 Å². The van der Waals surface area contributed by atoms with E-state index in [1.54, 1.807) is 11.9 Å². The summed E-state index contributed by atoms with van der Waals surface area (Å²) in [6.45, 7) is 3.81. The van der Waals surface area contributed by atoms with Gasteiger partial charge in [0.15, 0.2) is 0 Å². The lowest BCUT2D eigenvalue weighted by Gasteiger charge is -2.54. The van der Waals surface area contributed by atoms with E-state index in [4.69, 9.17) is 14.8 Å². The zero-order chi connectivity index (χ0) is 17.7. The Morgan fingerprint density at radius 2 is 1.56 bits per heavy atom. The molecule has 2 bridgehead atoms. The molecule has 3 aliphatic rings. The molecule has 3 heterocycles. The quantitative estimate of drug-likeness (QED) is 0.809. The third-order valence-corrected chi connectivity index (χ3v) is 4.97. The van der Waals surface area contributed by atoms with Gasteiger partial charge in [-0.1, -0.05) is 74.5 Å². The van der Waals surface area contributed by atoms with Crippen LogP contribution in [0.1, 0.15) is 25.0 Å². The van der Waals surface area contributed by atoms with Crippen molar-refractivity contribution >= 4 is 11.6 Å². The highest BCUT2D eigenvalue weighted by Crippen LogP contribution is 2.48. The second kappa shape index (κ2) is 5.51. The highest BCUT2D eigenvalue weighted by molar-refractivity contribution is 6.12. The number of amides is 1. The second-order valence-corrected chi connectivity index (χ2v) is 6.72. The average Bonchev–Trinajstić information content (AvgIpc) is 2.66. The number of fused-ring (bicyclic) bond motifs is 2. The molecule has 0 saturated carbocycles. The summed E-state index contributed by atoms with van der Waals surface area (Å²) in [6.07, 6.45) is 0. The van der Waals surface area contributed by atoms with E-state index in [0.29, 0.717) is 5.71 Å². The molecule has 2 atom stereocenters. The Morgan fingerprint density at radius 1 is 0.960 bits per heavy atom. The first-order valence-electron chi connectivity index (χ1n) is 8.39. The van der Waals surface area contributed by atoms with Crippen LogP contribution in [0.3, 0.4) is 0 Å². The molecule has 25 heavy (non-hydrogen) atoms. The smallest absolute Gasteiger partial charge is 0.283 e. The summed E-state index contributed by atoms with van der Waals surface area (Å²) >= 11 is 0. The number of hydrogen-bond acceptors (Lipinski definition) is 4. The second-order valence-electron chi connectivity index (χ2n) is 6.72. The third-order valence-electron chi connectivity index (χ3n) is 4.97. The third kappa shape index (κ3) is 2.03. The number of likely N-dealkylation sites (N-methyl/N-ethyl adjacent to an activating group) is 1. The molecular formula is C20H20N2O3. The first kappa shape index (κ1) is 16.0. The van der Waals surface area contributed by atoms with Gasteiger partial charge in [-0.2, -0.15) is 9.78 Å². The molecule has 2 aromatic carbocycles. The Morgan fingerprint density at radius 3 is 2.16 bits per heavy atom. The predicted octanol–water partition coefficient (Wildman–Crippen LogP) is 3.11. The molecule has 128 valence electrons. The van der Waals surface area contributed by atoms with Gasteiger partial charge in [0.1, 0.15) is 5.71 Å². The fraction of sp³-hybridized carbons (Fsp3) is 0.300. The molecule has 0 spiro atoms. The molecule has 1 amide bonds. The molecule has 0 aromatic heterocycles. The number of aliphatic imine (C=N–C) groups is 1. The van der Waals surface area contributed by atoms with Gasteiger partial charge < -0.3 is 4.90 Å². The van der Waals surface area contributed by atoms with Crippen molar-refractivity contribution in [2.24, 2.45) is 10.9 Å². The fourth-order valence-corrected chi connectivity index (χ4v) is 3.48. The molecule has 0 N–H and O–H groups in total. The van der Waals surface area contributed by atoms with Crippen LogP contribution in [-0.2, 0) is 20.3 Å². The number of carbonyl (C=O) groups is 1. The zero-order valence-corrected chi connectivity index (χ0v) is 14.5. The topological polar surface area (TPSA) is 51.1 Å². The summed E-state index contributed by atoms with van der Waals surface area (Å²) in [5, 5.41) is 0. The van der Waals surface area contributed by atoms with Gasteiger partial charge >= 0.3 is 0 Å². The molecule has 5 rings (SSSR count). The van der Waals surface area contributed by atoms with Gasteiger partial charge in [-0.05, 0) is 0 Å². The van der Waals surface area contributed by atoms with Crippen LogP contribution in [0.4, 0.5) is 0 Å². The van der Waals surface area contributed by atoms with Crippen LogP contribution >= 0.6 is 0 Å². The molecule has 2 aromatic rings. The van der Waals surface area contributed by atoms with E-state index in [1.165, 1.54) is 0 Å². The number of carbonyl (C=O) groups excluding carboxylic acids is 1. The first-order valence-corrected chi connectivity index (χ1v) is 8.39. The van der Waals surface area contributed by atoms with E-state index in [9.17, 15) is 4.79 Å². The number of rotatable bonds is 3. The van der Waals surface area contributed by atoms with Gasteiger partial charge in [0.2, 0.25) is 5.72 Å². The van der Waals surface area contributed by atoms with Crippen molar-refractivity contribution < 1.29 is 14.6 Å². The fourth-order valence-electron chi connectivity index (χ4n) is 3.48.